The van der Waals surface area contributed by atoms with Gasteiger partial charge in [0.25, 0.3) is 0 Å². The van der Waals surface area contributed by atoms with Gasteiger partial charge < -0.3 is 15.0 Å². The maximum atomic E-state index is 6.31. The summed E-state index contributed by atoms with van der Waals surface area (Å²) >= 11 is 0. The number of aromatic nitrogens is 2. The van der Waals surface area contributed by atoms with E-state index in [1.54, 1.807) is 0 Å². The predicted molar refractivity (Wildman–Crippen MR) is 120 cm³/mol. The van der Waals surface area contributed by atoms with Crippen molar-refractivity contribution in [2.75, 3.05) is 25.0 Å². The lowest BCUT2D eigenvalue weighted by Crippen LogP contribution is -2.31. The number of ether oxygens (including phenoxy) is 1. The molecule has 3 rings (SSSR count). The van der Waals surface area contributed by atoms with Crippen molar-refractivity contribution in [3.05, 3.63) is 47.3 Å². The first kappa shape index (κ1) is 21.6. The summed E-state index contributed by atoms with van der Waals surface area (Å²) in [5.41, 5.74) is 1.96. The minimum atomic E-state index is -0.366. The highest BCUT2D eigenvalue weighted by atomic mass is 16.5. The Hall–Kier alpha value is -2.14. The van der Waals surface area contributed by atoms with Gasteiger partial charge in [0.2, 0.25) is 5.88 Å². The summed E-state index contributed by atoms with van der Waals surface area (Å²) in [7, 11) is 0. The number of fused-ring (bicyclic) bond motifs is 1. The van der Waals surface area contributed by atoms with Gasteiger partial charge in [-0.25, -0.2) is 4.98 Å². The summed E-state index contributed by atoms with van der Waals surface area (Å²) in [5, 5.41) is 3.68. The average Bonchev–Trinajstić information content (AvgIpc) is 2.95. The number of benzene rings is 1. The summed E-state index contributed by atoms with van der Waals surface area (Å²) < 4.78 is 6.31. The van der Waals surface area contributed by atoms with E-state index in [1.807, 2.05) is 6.92 Å². The summed E-state index contributed by atoms with van der Waals surface area (Å²) in [5.74, 6) is 2.48. The maximum Gasteiger partial charge on any atom is 0.223 e. The van der Waals surface area contributed by atoms with Crippen LogP contribution in [0.4, 0.5) is 5.82 Å². The zero-order chi connectivity index (χ0) is 21.0. The van der Waals surface area contributed by atoms with Crippen LogP contribution in [-0.2, 0) is 0 Å². The molecule has 29 heavy (non-hydrogen) atoms. The minimum absolute atomic E-state index is 0.102. The molecule has 0 fully saturated rings. The van der Waals surface area contributed by atoms with E-state index in [4.69, 9.17) is 9.72 Å². The molecule has 0 bridgehead atoms. The summed E-state index contributed by atoms with van der Waals surface area (Å²) in [6.07, 6.45) is 2.28. The fourth-order valence-corrected chi connectivity index (χ4v) is 4.34. The van der Waals surface area contributed by atoms with E-state index >= 15 is 0 Å². The van der Waals surface area contributed by atoms with Crippen LogP contribution in [0.25, 0.3) is 0 Å². The third-order valence-corrected chi connectivity index (χ3v) is 5.89. The fraction of sp³-hybridized carbons (Fsp3) is 0.583. The second-order valence-corrected chi connectivity index (χ2v) is 8.60. The molecule has 0 radical (unpaired) electrons. The van der Waals surface area contributed by atoms with Crippen LogP contribution in [0.5, 0.6) is 5.88 Å². The van der Waals surface area contributed by atoms with Gasteiger partial charge in [0, 0.05) is 6.04 Å². The van der Waals surface area contributed by atoms with E-state index in [0.29, 0.717) is 11.9 Å². The Morgan fingerprint density at radius 2 is 1.83 bits per heavy atom. The van der Waals surface area contributed by atoms with Crippen molar-refractivity contribution in [1.82, 2.24) is 14.9 Å². The van der Waals surface area contributed by atoms with Crippen molar-refractivity contribution in [2.24, 2.45) is 0 Å². The summed E-state index contributed by atoms with van der Waals surface area (Å²) in [4.78, 5) is 11.9. The molecule has 5 heteroatoms. The lowest BCUT2D eigenvalue weighted by Gasteiger charge is -2.27. The van der Waals surface area contributed by atoms with Crippen LogP contribution in [0.15, 0.2) is 30.3 Å². The minimum Gasteiger partial charge on any atom is -0.470 e. The van der Waals surface area contributed by atoms with Crippen LogP contribution < -0.4 is 10.1 Å². The van der Waals surface area contributed by atoms with Crippen LogP contribution >= 0.6 is 0 Å². The molecule has 0 spiro atoms. The van der Waals surface area contributed by atoms with Gasteiger partial charge in [0.15, 0.2) is 0 Å². The van der Waals surface area contributed by atoms with E-state index in [0.717, 1.165) is 43.3 Å². The molecule has 2 unspecified atom stereocenters. The molecule has 5 nitrogen and oxygen atoms in total. The molecule has 1 aromatic heterocycles. The Labute approximate surface area is 175 Å². The second-order valence-electron chi connectivity index (χ2n) is 8.60. The standard InChI is InChI=1S/C24H36N4O/c1-7-28(8-2)16-12-13-17(3)25-22-20-21(19-14-10-9-11-15-19)24(5,6)29-23(20)27-18(4)26-22/h9-11,14-15,17,21H,7-8,12-13,16H2,1-6H3,(H,25,26,27). The first-order valence-corrected chi connectivity index (χ1v) is 11.0. The molecule has 2 aromatic rings. The molecule has 1 aromatic carbocycles. The number of hydrogen-bond donors (Lipinski definition) is 1. The van der Waals surface area contributed by atoms with E-state index < -0.39 is 0 Å². The number of anilines is 1. The molecule has 1 aliphatic heterocycles. The highest BCUT2D eigenvalue weighted by Crippen LogP contribution is 2.49. The van der Waals surface area contributed by atoms with Gasteiger partial charge >= 0.3 is 0 Å². The molecule has 2 heterocycles. The highest BCUT2D eigenvalue weighted by molar-refractivity contribution is 5.59. The topological polar surface area (TPSA) is 50.3 Å². The van der Waals surface area contributed by atoms with Gasteiger partial charge in [-0.15, -0.1) is 0 Å². The van der Waals surface area contributed by atoms with E-state index in [2.05, 4.69) is 80.2 Å². The van der Waals surface area contributed by atoms with E-state index in [9.17, 15) is 0 Å². The lowest BCUT2D eigenvalue weighted by atomic mass is 9.81. The molecule has 0 amide bonds. The van der Waals surface area contributed by atoms with Crippen LogP contribution in [0.3, 0.4) is 0 Å². The lowest BCUT2D eigenvalue weighted by molar-refractivity contribution is 0.117. The quantitative estimate of drug-likeness (QED) is 0.646. The Morgan fingerprint density at radius 3 is 2.48 bits per heavy atom. The van der Waals surface area contributed by atoms with Crippen LogP contribution in [0.2, 0.25) is 0 Å². The van der Waals surface area contributed by atoms with Crippen LogP contribution in [0.1, 0.15) is 70.3 Å². The average molecular weight is 397 g/mol. The zero-order valence-corrected chi connectivity index (χ0v) is 18.8. The highest BCUT2D eigenvalue weighted by Gasteiger charge is 2.45. The maximum absolute atomic E-state index is 6.31. The SMILES string of the molecule is CCN(CC)CCCC(C)Nc1nc(C)nc2c1C(c1ccccc1)C(C)(C)O2. The molecule has 2 atom stereocenters. The van der Waals surface area contributed by atoms with Crippen molar-refractivity contribution in [3.8, 4) is 5.88 Å². The third-order valence-electron chi connectivity index (χ3n) is 5.89. The summed E-state index contributed by atoms with van der Waals surface area (Å²) in [6.45, 7) is 16.3. The van der Waals surface area contributed by atoms with Gasteiger partial charge in [-0.05, 0) is 65.7 Å². The monoisotopic (exact) mass is 396 g/mol. The van der Waals surface area contributed by atoms with Crippen molar-refractivity contribution in [1.29, 1.82) is 0 Å². The normalized spacial score (nSPS) is 18.4. The van der Waals surface area contributed by atoms with Crippen LogP contribution in [-0.4, -0.2) is 46.1 Å². The largest absolute Gasteiger partial charge is 0.470 e. The smallest absolute Gasteiger partial charge is 0.223 e. The number of nitrogens with zero attached hydrogens (tertiary/aromatic N) is 3. The number of nitrogens with one attached hydrogen (secondary N) is 1. The van der Waals surface area contributed by atoms with Crippen molar-refractivity contribution in [2.45, 2.75) is 71.9 Å². The Balaban J connectivity index is 1.83. The number of rotatable bonds is 9. The molecular weight excluding hydrogens is 360 g/mol. The number of aryl methyl sites for hydroxylation is 1. The summed E-state index contributed by atoms with van der Waals surface area (Å²) in [6, 6.07) is 10.9. The van der Waals surface area contributed by atoms with E-state index in [1.165, 1.54) is 12.0 Å². The van der Waals surface area contributed by atoms with Gasteiger partial charge in [0.05, 0.1) is 11.5 Å². The zero-order valence-electron chi connectivity index (χ0n) is 18.8. The van der Waals surface area contributed by atoms with Crippen molar-refractivity contribution >= 4 is 5.82 Å². The Morgan fingerprint density at radius 1 is 1.14 bits per heavy atom. The van der Waals surface area contributed by atoms with Crippen LogP contribution in [0, 0.1) is 6.92 Å². The van der Waals surface area contributed by atoms with E-state index in [-0.39, 0.29) is 11.5 Å². The first-order valence-electron chi connectivity index (χ1n) is 11.0. The molecule has 0 aliphatic carbocycles. The predicted octanol–water partition coefficient (Wildman–Crippen LogP) is 5.01. The van der Waals surface area contributed by atoms with Crippen molar-refractivity contribution in [3.63, 3.8) is 0 Å². The number of hydrogen-bond acceptors (Lipinski definition) is 5. The molecule has 0 saturated carbocycles. The molecular formula is C24H36N4O. The fourth-order valence-electron chi connectivity index (χ4n) is 4.34. The third kappa shape index (κ3) is 4.89. The van der Waals surface area contributed by atoms with Crippen molar-refractivity contribution < 1.29 is 4.74 Å². The second kappa shape index (κ2) is 9.12. The molecule has 1 aliphatic rings. The van der Waals surface area contributed by atoms with Gasteiger partial charge in [-0.2, -0.15) is 4.98 Å². The molecule has 158 valence electrons. The molecule has 0 saturated heterocycles. The Bertz CT molecular complexity index is 802. The van der Waals surface area contributed by atoms with Gasteiger partial charge in [0.1, 0.15) is 17.2 Å². The Kier molecular flexibility index (Phi) is 6.78. The van der Waals surface area contributed by atoms with Gasteiger partial charge in [-0.1, -0.05) is 44.2 Å². The first-order chi connectivity index (χ1) is 13.9. The van der Waals surface area contributed by atoms with Gasteiger partial charge in [-0.3, -0.25) is 0 Å². The molecule has 1 N–H and O–H groups in total.